The van der Waals surface area contributed by atoms with Crippen molar-refractivity contribution < 1.29 is 9.72 Å². The van der Waals surface area contributed by atoms with Gasteiger partial charge in [-0.1, -0.05) is 6.07 Å². The van der Waals surface area contributed by atoms with E-state index in [9.17, 15) is 14.9 Å². The average Bonchev–Trinajstić information content (AvgIpc) is 2.38. The molecule has 19 heavy (non-hydrogen) atoms. The normalized spacial score (nSPS) is 19.3. The lowest BCUT2D eigenvalue weighted by Crippen LogP contribution is -2.52. The van der Waals surface area contributed by atoms with E-state index in [1.807, 2.05) is 13.8 Å². The summed E-state index contributed by atoms with van der Waals surface area (Å²) in [6.45, 7) is 5.76. The summed E-state index contributed by atoms with van der Waals surface area (Å²) in [6.07, 6.45) is 0. The summed E-state index contributed by atoms with van der Waals surface area (Å²) < 4.78 is 0. The zero-order valence-corrected chi connectivity index (χ0v) is 11.0. The largest absolute Gasteiger partial charge is 0.333 e. The molecule has 1 heterocycles. The Balaban J connectivity index is 2.37. The first-order chi connectivity index (χ1) is 9.00. The fourth-order valence-corrected chi connectivity index (χ4v) is 2.28. The maximum absolute atomic E-state index is 12.5. The van der Waals surface area contributed by atoms with Crippen LogP contribution in [0.25, 0.3) is 0 Å². The van der Waals surface area contributed by atoms with Crippen molar-refractivity contribution in [1.29, 1.82) is 0 Å². The molecule has 0 aromatic heterocycles. The van der Waals surface area contributed by atoms with Crippen molar-refractivity contribution >= 4 is 11.6 Å². The molecule has 1 aliphatic rings. The SMILES string of the molecule is Cc1ccc([N+](=O)[O-])c(C(=O)N2CCNCC2C)c1. The Morgan fingerprint density at radius 2 is 2.26 bits per heavy atom. The van der Waals surface area contributed by atoms with Gasteiger partial charge in [0.1, 0.15) is 5.56 Å². The Kier molecular flexibility index (Phi) is 3.80. The van der Waals surface area contributed by atoms with Crippen molar-refractivity contribution in [1.82, 2.24) is 10.2 Å². The number of hydrogen-bond donors (Lipinski definition) is 1. The number of amides is 1. The van der Waals surface area contributed by atoms with Crippen molar-refractivity contribution in [2.24, 2.45) is 0 Å². The Morgan fingerprint density at radius 1 is 1.53 bits per heavy atom. The molecule has 102 valence electrons. The maximum atomic E-state index is 12.5. The van der Waals surface area contributed by atoms with Gasteiger partial charge in [0.05, 0.1) is 4.92 Å². The van der Waals surface area contributed by atoms with Gasteiger partial charge in [0.25, 0.3) is 11.6 Å². The fourth-order valence-electron chi connectivity index (χ4n) is 2.28. The predicted molar refractivity (Wildman–Crippen MR) is 71.2 cm³/mol. The number of aryl methyl sites for hydroxylation is 1. The fraction of sp³-hybridized carbons (Fsp3) is 0.462. The summed E-state index contributed by atoms with van der Waals surface area (Å²) >= 11 is 0. The molecular formula is C13H17N3O3. The Labute approximate surface area is 111 Å². The molecular weight excluding hydrogens is 246 g/mol. The molecule has 6 nitrogen and oxygen atoms in total. The van der Waals surface area contributed by atoms with Gasteiger partial charge in [0.2, 0.25) is 0 Å². The third kappa shape index (κ3) is 2.73. The van der Waals surface area contributed by atoms with Crippen LogP contribution in [-0.2, 0) is 0 Å². The van der Waals surface area contributed by atoms with E-state index in [4.69, 9.17) is 0 Å². The van der Waals surface area contributed by atoms with Crippen LogP contribution in [0.1, 0.15) is 22.8 Å². The second-order valence-electron chi connectivity index (χ2n) is 4.83. The number of carbonyl (C=O) groups excluding carboxylic acids is 1. The molecule has 0 bridgehead atoms. The molecule has 0 aliphatic carbocycles. The van der Waals surface area contributed by atoms with Crippen LogP contribution in [-0.4, -0.2) is 41.4 Å². The minimum atomic E-state index is -0.500. The molecule has 1 unspecified atom stereocenters. The second kappa shape index (κ2) is 5.36. The highest BCUT2D eigenvalue weighted by Gasteiger charge is 2.29. The summed E-state index contributed by atoms with van der Waals surface area (Å²) in [5.41, 5.74) is 0.900. The topological polar surface area (TPSA) is 75.5 Å². The minimum absolute atomic E-state index is 0.0429. The van der Waals surface area contributed by atoms with Crippen LogP contribution < -0.4 is 5.32 Å². The molecule has 0 spiro atoms. The van der Waals surface area contributed by atoms with Crippen LogP contribution in [0.5, 0.6) is 0 Å². The number of rotatable bonds is 2. The van der Waals surface area contributed by atoms with Crippen LogP contribution in [0.3, 0.4) is 0 Å². The summed E-state index contributed by atoms with van der Waals surface area (Å²) in [6, 6.07) is 4.68. The van der Waals surface area contributed by atoms with E-state index in [2.05, 4.69) is 5.32 Å². The van der Waals surface area contributed by atoms with E-state index in [0.29, 0.717) is 13.1 Å². The lowest BCUT2D eigenvalue weighted by molar-refractivity contribution is -0.385. The minimum Gasteiger partial charge on any atom is -0.333 e. The summed E-state index contributed by atoms with van der Waals surface area (Å²) in [7, 11) is 0. The maximum Gasteiger partial charge on any atom is 0.282 e. The number of hydrogen-bond acceptors (Lipinski definition) is 4. The number of carbonyl (C=O) groups is 1. The van der Waals surface area contributed by atoms with E-state index < -0.39 is 4.92 Å². The van der Waals surface area contributed by atoms with Gasteiger partial charge in [-0.25, -0.2) is 0 Å². The third-order valence-corrected chi connectivity index (χ3v) is 3.34. The number of nitrogens with zero attached hydrogens (tertiary/aromatic N) is 2. The number of piperazine rings is 1. The monoisotopic (exact) mass is 263 g/mol. The van der Waals surface area contributed by atoms with Crippen LogP contribution >= 0.6 is 0 Å². The number of nitro benzene ring substituents is 1. The van der Waals surface area contributed by atoms with Gasteiger partial charge >= 0.3 is 0 Å². The summed E-state index contributed by atoms with van der Waals surface area (Å²) in [4.78, 5) is 24.7. The smallest absolute Gasteiger partial charge is 0.282 e. The van der Waals surface area contributed by atoms with Gasteiger partial charge in [-0.3, -0.25) is 14.9 Å². The van der Waals surface area contributed by atoms with Crippen LogP contribution in [0, 0.1) is 17.0 Å². The van der Waals surface area contributed by atoms with Crippen molar-refractivity contribution in [3.63, 3.8) is 0 Å². The molecule has 2 rings (SSSR count). The second-order valence-corrected chi connectivity index (χ2v) is 4.83. The van der Waals surface area contributed by atoms with E-state index >= 15 is 0 Å². The summed E-state index contributed by atoms with van der Waals surface area (Å²) in [5.74, 6) is -0.260. The van der Waals surface area contributed by atoms with Crippen LogP contribution in [0.2, 0.25) is 0 Å². The highest BCUT2D eigenvalue weighted by molar-refractivity contribution is 5.98. The molecule has 1 aromatic rings. The van der Waals surface area contributed by atoms with Gasteiger partial charge in [-0.15, -0.1) is 0 Å². The van der Waals surface area contributed by atoms with E-state index in [0.717, 1.165) is 12.1 Å². The van der Waals surface area contributed by atoms with Crippen molar-refractivity contribution in [2.45, 2.75) is 19.9 Å². The van der Waals surface area contributed by atoms with Gasteiger partial charge in [-0.2, -0.15) is 0 Å². The lowest BCUT2D eigenvalue weighted by Gasteiger charge is -2.33. The van der Waals surface area contributed by atoms with Crippen molar-refractivity contribution in [3.05, 3.63) is 39.4 Å². The molecule has 6 heteroatoms. The van der Waals surface area contributed by atoms with Gasteiger partial charge in [0.15, 0.2) is 0 Å². The lowest BCUT2D eigenvalue weighted by atomic mass is 10.1. The number of benzene rings is 1. The highest BCUT2D eigenvalue weighted by Crippen LogP contribution is 2.22. The molecule has 1 aliphatic heterocycles. The molecule has 1 fully saturated rings. The quantitative estimate of drug-likeness (QED) is 0.645. The van der Waals surface area contributed by atoms with Crippen LogP contribution in [0.15, 0.2) is 18.2 Å². The first-order valence-electron chi connectivity index (χ1n) is 6.27. The van der Waals surface area contributed by atoms with E-state index in [-0.39, 0.29) is 23.2 Å². The molecule has 1 aromatic carbocycles. The van der Waals surface area contributed by atoms with E-state index in [1.165, 1.54) is 6.07 Å². The first kappa shape index (κ1) is 13.5. The highest BCUT2D eigenvalue weighted by atomic mass is 16.6. The summed E-state index contributed by atoms with van der Waals surface area (Å²) in [5, 5.41) is 14.2. The molecule has 1 atom stereocenters. The molecule has 1 saturated heterocycles. The zero-order chi connectivity index (χ0) is 14.0. The van der Waals surface area contributed by atoms with Crippen molar-refractivity contribution in [3.8, 4) is 0 Å². The standard InChI is InChI=1S/C13H17N3O3/c1-9-3-4-12(16(18)19)11(7-9)13(17)15-6-5-14-8-10(15)2/h3-4,7,10,14H,5-6,8H2,1-2H3. The number of nitro groups is 1. The third-order valence-electron chi connectivity index (χ3n) is 3.34. The van der Waals surface area contributed by atoms with Crippen molar-refractivity contribution in [2.75, 3.05) is 19.6 Å². The first-order valence-corrected chi connectivity index (χ1v) is 6.27. The van der Waals surface area contributed by atoms with Crippen LogP contribution in [0.4, 0.5) is 5.69 Å². The Bertz CT molecular complexity index is 516. The Hall–Kier alpha value is -1.95. The Morgan fingerprint density at radius 3 is 2.89 bits per heavy atom. The molecule has 1 amide bonds. The van der Waals surface area contributed by atoms with Gasteiger partial charge < -0.3 is 10.2 Å². The molecule has 0 saturated carbocycles. The number of nitrogens with one attached hydrogen (secondary N) is 1. The van der Waals surface area contributed by atoms with E-state index in [1.54, 1.807) is 17.0 Å². The predicted octanol–water partition coefficient (Wildman–Crippen LogP) is 1.34. The zero-order valence-electron chi connectivity index (χ0n) is 11.0. The van der Waals surface area contributed by atoms with Gasteiger partial charge in [-0.05, 0) is 25.5 Å². The molecule has 1 N–H and O–H groups in total. The van der Waals surface area contributed by atoms with Gasteiger partial charge in [0, 0.05) is 31.7 Å². The average molecular weight is 263 g/mol. The molecule has 0 radical (unpaired) electrons.